The molecule has 1 unspecified atom stereocenters. The van der Waals surface area contributed by atoms with Gasteiger partial charge in [-0.15, -0.1) is 11.8 Å². The molecule has 2 nitrogen and oxygen atoms in total. The lowest BCUT2D eigenvalue weighted by Gasteiger charge is -2.32. The third-order valence-electron chi connectivity index (χ3n) is 3.53. The van der Waals surface area contributed by atoms with Crippen molar-refractivity contribution in [1.29, 1.82) is 0 Å². The van der Waals surface area contributed by atoms with E-state index in [1.807, 2.05) is 11.8 Å². The number of benzene rings is 1. The van der Waals surface area contributed by atoms with Crippen LogP contribution < -0.4 is 5.32 Å². The fraction of sp³-hybridized carbons (Fsp3) is 0.600. The Morgan fingerprint density at radius 2 is 2.33 bits per heavy atom. The van der Waals surface area contributed by atoms with Gasteiger partial charge in [0.15, 0.2) is 0 Å². The van der Waals surface area contributed by atoms with Crippen LogP contribution in [0, 0.1) is 0 Å². The lowest BCUT2D eigenvalue weighted by Crippen LogP contribution is -2.43. The molecule has 1 N–H and O–H groups in total. The summed E-state index contributed by atoms with van der Waals surface area (Å²) in [5.74, 6) is 1.15. The summed E-state index contributed by atoms with van der Waals surface area (Å²) in [7, 11) is 2.08. The van der Waals surface area contributed by atoms with Crippen molar-refractivity contribution in [1.82, 2.24) is 10.2 Å². The van der Waals surface area contributed by atoms with E-state index in [2.05, 4.69) is 48.5 Å². The normalized spacial score (nSPS) is 21.1. The van der Waals surface area contributed by atoms with Crippen molar-refractivity contribution in [2.24, 2.45) is 0 Å². The first-order valence-electron chi connectivity index (χ1n) is 6.93. The summed E-state index contributed by atoms with van der Waals surface area (Å²) >= 11 is 1.93. The molecule has 1 atom stereocenters. The second-order valence-corrected chi connectivity index (χ2v) is 6.28. The average molecular weight is 264 g/mol. The van der Waals surface area contributed by atoms with E-state index >= 15 is 0 Å². The van der Waals surface area contributed by atoms with Crippen LogP contribution in [-0.2, 0) is 6.54 Å². The van der Waals surface area contributed by atoms with E-state index in [0.717, 1.165) is 12.3 Å². The van der Waals surface area contributed by atoms with Crippen molar-refractivity contribution in [2.45, 2.75) is 37.2 Å². The summed E-state index contributed by atoms with van der Waals surface area (Å²) < 4.78 is 0. The highest BCUT2D eigenvalue weighted by Crippen LogP contribution is 2.20. The highest BCUT2D eigenvalue weighted by Gasteiger charge is 2.18. The Bertz CT molecular complexity index is 367. The topological polar surface area (TPSA) is 15.3 Å². The summed E-state index contributed by atoms with van der Waals surface area (Å²) in [5.41, 5.74) is 1.45. The van der Waals surface area contributed by atoms with Gasteiger partial charge < -0.3 is 5.32 Å². The van der Waals surface area contributed by atoms with Crippen LogP contribution in [0.2, 0.25) is 0 Å². The second kappa shape index (κ2) is 7.17. The van der Waals surface area contributed by atoms with Gasteiger partial charge in [-0.25, -0.2) is 0 Å². The molecular formula is C15H24N2S. The number of hydrogen-bond acceptors (Lipinski definition) is 3. The number of rotatable bonds is 5. The summed E-state index contributed by atoms with van der Waals surface area (Å²) in [5, 5.41) is 3.41. The highest BCUT2D eigenvalue weighted by molar-refractivity contribution is 7.99. The molecule has 0 aliphatic carbocycles. The molecule has 18 heavy (non-hydrogen) atoms. The molecule has 1 aliphatic heterocycles. The standard InChI is InChI=1S/C15H24N2S/c1-3-18-15-8-4-6-13(10-15)11-17-9-5-7-14(12-17)16-2/h4,6,8,10,14,16H,3,5,7,9,11-12H2,1-2H3. The number of nitrogens with zero attached hydrogens (tertiary/aromatic N) is 1. The van der Waals surface area contributed by atoms with Gasteiger partial charge in [0.2, 0.25) is 0 Å². The molecule has 1 heterocycles. The van der Waals surface area contributed by atoms with Gasteiger partial charge >= 0.3 is 0 Å². The third-order valence-corrected chi connectivity index (χ3v) is 4.41. The maximum Gasteiger partial charge on any atom is 0.0234 e. The first-order valence-corrected chi connectivity index (χ1v) is 7.91. The minimum Gasteiger partial charge on any atom is -0.316 e. The first-order chi connectivity index (χ1) is 8.81. The van der Waals surface area contributed by atoms with Crippen LogP contribution in [0.15, 0.2) is 29.2 Å². The fourth-order valence-corrected chi connectivity index (χ4v) is 3.34. The Hall–Kier alpha value is -0.510. The number of piperidine rings is 1. The van der Waals surface area contributed by atoms with Crippen molar-refractivity contribution in [3.63, 3.8) is 0 Å². The van der Waals surface area contributed by atoms with Crippen LogP contribution in [0.3, 0.4) is 0 Å². The monoisotopic (exact) mass is 264 g/mol. The predicted molar refractivity (Wildman–Crippen MR) is 80.2 cm³/mol. The Morgan fingerprint density at radius 1 is 1.44 bits per heavy atom. The molecule has 1 aromatic rings. The van der Waals surface area contributed by atoms with Crippen LogP contribution in [0.5, 0.6) is 0 Å². The lowest BCUT2D eigenvalue weighted by molar-refractivity contribution is 0.188. The maximum atomic E-state index is 3.41. The Morgan fingerprint density at radius 3 is 3.11 bits per heavy atom. The molecule has 0 amide bonds. The first kappa shape index (κ1) is 13.9. The Labute approximate surface area is 115 Å². The van der Waals surface area contributed by atoms with Crippen LogP contribution >= 0.6 is 11.8 Å². The smallest absolute Gasteiger partial charge is 0.0234 e. The number of nitrogens with one attached hydrogen (secondary N) is 1. The van der Waals surface area contributed by atoms with E-state index in [-0.39, 0.29) is 0 Å². The van der Waals surface area contributed by atoms with Crippen LogP contribution in [-0.4, -0.2) is 36.8 Å². The number of hydrogen-bond donors (Lipinski definition) is 1. The van der Waals surface area contributed by atoms with E-state index in [4.69, 9.17) is 0 Å². The molecule has 0 saturated carbocycles. The Kier molecular flexibility index (Phi) is 5.54. The zero-order valence-electron chi connectivity index (χ0n) is 11.5. The fourth-order valence-electron chi connectivity index (χ4n) is 2.59. The van der Waals surface area contributed by atoms with Gasteiger partial charge in [0, 0.05) is 24.0 Å². The van der Waals surface area contributed by atoms with Crippen molar-refractivity contribution < 1.29 is 0 Å². The van der Waals surface area contributed by atoms with E-state index in [0.29, 0.717) is 6.04 Å². The largest absolute Gasteiger partial charge is 0.316 e. The molecule has 1 aromatic carbocycles. The Balaban J connectivity index is 1.93. The maximum absolute atomic E-state index is 3.41. The van der Waals surface area contributed by atoms with Crippen LogP contribution in [0.4, 0.5) is 0 Å². The summed E-state index contributed by atoms with van der Waals surface area (Å²) in [6.07, 6.45) is 2.63. The zero-order chi connectivity index (χ0) is 12.8. The van der Waals surface area contributed by atoms with E-state index in [9.17, 15) is 0 Å². The molecular weight excluding hydrogens is 240 g/mol. The molecule has 100 valence electrons. The van der Waals surface area contributed by atoms with Gasteiger partial charge in [-0.3, -0.25) is 4.90 Å². The van der Waals surface area contributed by atoms with Crippen molar-refractivity contribution in [3.05, 3.63) is 29.8 Å². The number of likely N-dealkylation sites (N-methyl/N-ethyl adjacent to an activating group) is 1. The van der Waals surface area contributed by atoms with Crippen LogP contribution in [0.25, 0.3) is 0 Å². The molecule has 1 aliphatic rings. The van der Waals surface area contributed by atoms with Crippen LogP contribution in [0.1, 0.15) is 25.3 Å². The lowest BCUT2D eigenvalue weighted by atomic mass is 10.1. The molecule has 0 aromatic heterocycles. The quantitative estimate of drug-likeness (QED) is 0.823. The van der Waals surface area contributed by atoms with Gasteiger partial charge in [0.1, 0.15) is 0 Å². The molecule has 1 saturated heterocycles. The summed E-state index contributed by atoms with van der Waals surface area (Å²) in [6, 6.07) is 9.67. The second-order valence-electron chi connectivity index (χ2n) is 4.94. The van der Waals surface area contributed by atoms with E-state index in [1.54, 1.807) is 0 Å². The molecule has 0 bridgehead atoms. The highest BCUT2D eigenvalue weighted by atomic mass is 32.2. The number of thioether (sulfide) groups is 1. The van der Waals surface area contributed by atoms with Crippen molar-refractivity contribution in [3.8, 4) is 0 Å². The molecule has 0 radical (unpaired) electrons. The molecule has 2 rings (SSSR count). The summed E-state index contributed by atoms with van der Waals surface area (Å²) in [6.45, 7) is 5.72. The van der Waals surface area contributed by atoms with Gasteiger partial charge in [0.05, 0.1) is 0 Å². The number of likely N-dealkylation sites (tertiary alicyclic amines) is 1. The van der Waals surface area contributed by atoms with E-state index in [1.165, 1.54) is 36.4 Å². The van der Waals surface area contributed by atoms with Gasteiger partial charge in [0.25, 0.3) is 0 Å². The zero-order valence-corrected chi connectivity index (χ0v) is 12.3. The molecule has 1 fully saturated rings. The van der Waals surface area contributed by atoms with Gasteiger partial charge in [-0.2, -0.15) is 0 Å². The van der Waals surface area contributed by atoms with Gasteiger partial charge in [-0.05, 0) is 49.9 Å². The van der Waals surface area contributed by atoms with Crippen molar-refractivity contribution >= 4 is 11.8 Å². The van der Waals surface area contributed by atoms with Gasteiger partial charge in [-0.1, -0.05) is 19.1 Å². The minimum absolute atomic E-state index is 0.673. The SMILES string of the molecule is CCSc1cccc(CN2CCCC(NC)C2)c1. The minimum atomic E-state index is 0.673. The van der Waals surface area contributed by atoms with Crippen molar-refractivity contribution in [2.75, 3.05) is 25.9 Å². The average Bonchev–Trinajstić information content (AvgIpc) is 2.40. The summed E-state index contributed by atoms with van der Waals surface area (Å²) in [4.78, 5) is 3.97. The van der Waals surface area contributed by atoms with E-state index < -0.39 is 0 Å². The third kappa shape index (κ3) is 4.01. The predicted octanol–water partition coefficient (Wildman–Crippen LogP) is 2.98. The molecule has 3 heteroatoms. The molecule has 0 spiro atoms.